The molecule has 7 heteroatoms. The molecule has 0 fully saturated rings. The molecular formula is C33H60O6Tm. The summed E-state index contributed by atoms with van der Waals surface area (Å²) in [5.74, 6) is 0.312. The summed E-state index contributed by atoms with van der Waals surface area (Å²) in [5, 5.41) is 28.7. The number of allylic oxidation sites excluding steroid dienone is 6. The van der Waals surface area contributed by atoms with Crippen LogP contribution < -0.4 is 0 Å². The van der Waals surface area contributed by atoms with Gasteiger partial charge < -0.3 is 15.3 Å². The van der Waals surface area contributed by atoms with Crippen LogP contribution in [0.5, 0.6) is 0 Å². The number of ketones is 3. The Morgan fingerprint density at radius 2 is 0.475 bits per heavy atom. The molecule has 0 aromatic rings. The van der Waals surface area contributed by atoms with E-state index in [9.17, 15) is 29.7 Å². The van der Waals surface area contributed by atoms with Crippen LogP contribution in [0.25, 0.3) is 0 Å². The fourth-order valence-electron chi connectivity index (χ4n) is 1.67. The zero-order valence-electron chi connectivity index (χ0n) is 28.6. The first kappa shape index (κ1) is 45.8. The van der Waals surface area contributed by atoms with Crippen LogP contribution in [0.15, 0.2) is 35.5 Å². The van der Waals surface area contributed by atoms with Gasteiger partial charge in [0.15, 0.2) is 17.3 Å². The Morgan fingerprint density at radius 1 is 0.350 bits per heavy atom. The normalized spacial score (nSPS) is 14.1. The van der Waals surface area contributed by atoms with Gasteiger partial charge in [-0.1, -0.05) is 125 Å². The molecule has 0 aromatic carbocycles. The third-order valence-corrected chi connectivity index (χ3v) is 5.33. The van der Waals surface area contributed by atoms with Crippen molar-refractivity contribution >= 4 is 17.3 Å². The van der Waals surface area contributed by atoms with Crippen LogP contribution in [0.4, 0.5) is 0 Å². The molecule has 0 unspecified atom stereocenters. The molecule has 1 radical (unpaired) electrons. The van der Waals surface area contributed by atoms with Crippen molar-refractivity contribution in [3.63, 3.8) is 0 Å². The molecule has 0 amide bonds. The van der Waals surface area contributed by atoms with Gasteiger partial charge in [-0.3, -0.25) is 14.4 Å². The van der Waals surface area contributed by atoms with Gasteiger partial charge in [-0.2, -0.15) is 0 Å². The Bertz CT molecular complexity index is 801. The van der Waals surface area contributed by atoms with E-state index >= 15 is 0 Å². The third kappa shape index (κ3) is 21.6. The molecule has 241 valence electrons. The molecule has 0 aliphatic rings. The molecule has 0 heterocycles. The van der Waals surface area contributed by atoms with Crippen molar-refractivity contribution in [3.8, 4) is 0 Å². The predicted octanol–water partition coefficient (Wildman–Crippen LogP) is 9.27. The first-order chi connectivity index (χ1) is 16.6. The average Bonchev–Trinajstić information content (AvgIpc) is 2.64. The Hall–Kier alpha value is -1.14. The zero-order valence-corrected chi connectivity index (χ0v) is 30.4. The third-order valence-electron chi connectivity index (χ3n) is 5.33. The molecule has 0 aromatic heterocycles. The van der Waals surface area contributed by atoms with Crippen LogP contribution in [0, 0.1) is 69.4 Å². The van der Waals surface area contributed by atoms with E-state index in [1.54, 1.807) is 0 Å². The zero-order chi connectivity index (χ0) is 32.6. The van der Waals surface area contributed by atoms with E-state index in [0.717, 1.165) is 0 Å². The summed E-state index contributed by atoms with van der Waals surface area (Å²) in [4.78, 5) is 34.5. The first-order valence-corrected chi connectivity index (χ1v) is 13.5. The van der Waals surface area contributed by atoms with E-state index in [-0.39, 0.29) is 87.7 Å². The fourth-order valence-corrected chi connectivity index (χ4v) is 1.67. The van der Waals surface area contributed by atoms with Crippen molar-refractivity contribution < 1.29 is 66.6 Å². The van der Waals surface area contributed by atoms with Crippen molar-refractivity contribution in [1.29, 1.82) is 0 Å². The van der Waals surface area contributed by atoms with E-state index < -0.39 is 16.2 Å². The Balaban J connectivity index is -0.000000240. The minimum atomic E-state index is -0.417. The van der Waals surface area contributed by atoms with Crippen molar-refractivity contribution in [3.05, 3.63) is 35.5 Å². The second-order valence-electron chi connectivity index (χ2n) is 16.2. The second-order valence-corrected chi connectivity index (χ2v) is 16.2. The largest absolute Gasteiger partial charge is 0.512 e. The van der Waals surface area contributed by atoms with Crippen LogP contribution in [0.2, 0.25) is 0 Å². The van der Waals surface area contributed by atoms with Gasteiger partial charge in [-0.05, 0) is 0 Å². The van der Waals surface area contributed by atoms with Crippen molar-refractivity contribution in [2.75, 3.05) is 0 Å². The van der Waals surface area contributed by atoms with Gasteiger partial charge >= 0.3 is 0 Å². The second kappa shape index (κ2) is 16.5. The van der Waals surface area contributed by atoms with Gasteiger partial charge in [0.25, 0.3) is 0 Å². The summed E-state index contributed by atoms with van der Waals surface area (Å²) in [6.07, 6.45) is 4.00. The quantitative estimate of drug-likeness (QED) is 0.198. The monoisotopic (exact) mass is 721 g/mol. The topological polar surface area (TPSA) is 112 Å². The molecule has 0 spiro atoms. The minimum Gasteiger partial charge on any atom is -0.512 e. The smallest absolute Gasteiger partial charge is 0.164 e. The summed E-state index contributed by atoms with van der Waals surface area (Å²) in [6, 6.07) is 0. The SMILES string of the molecule is CC(C)(C)C(=O)/C=C(/O)C(C)(C)C.CC(C)(C)C(=O)/C=C(/O)C(C)(C)C.CC(C)(C)C(=O)/C=C(/O)C(C)(C)C.[Tm]. The number of carbonyl (C=O) groups excluding carboxylic acids is 3. The minimum absolute atomic E-state index is 0. The van der Waals surface area contributed by atoms with Gasteiger partial charge in [-0.25, -0.2) is 0 Å². The molecular weight excluding hydrogens is 661 g/mol. The van der Waals surface area contributed by atoms with Gasteiger partial charge in [0.2, 0.25) is 0 Å². The van der Waals surface area contributed by atoms with Gasteiger partial charge in [0.1, 0.15) is 17.3 Å². The number of carbonyl (C=O) groups is 3. The maximum absolute atomic E-state index is 11.5. The van der Waals surface area contributed by atoms with E-state index in [0.29, 0.717) is 0 Å². The molecule has 6 nitrogen and oxygen atoms in total. The summed E-state index contributed by atoms with van der Waals surface area (Å²) < 4.78 is 0. The molecule has 0 bridgehead atoms. The van der Waals surface area contributed by atoms with Gasteiger partial charge in [0, 0.05) is 87.6 Å². The van der Waals surface area contributed by atoms with E-state index in [4.69, 9.17) is 0 Å². The van der Waals surface area contributed by atoms with Crippen molar-refractivity contribution in [2.24, 2.45) is 32.5 Å². The van der Waals surface area contributed by atoms with Crippen LogP contribution in [-0.2, 0) is 14.4 Å². The molecule has 0 saturated heterocycles. The average molecular weight is 722 g/mol. The van der Waals surface area contributed by atoms with Crippen molar-refractivity contribution in [1.82, 2.24) is 0 Å². The number of aliphatic hydroxyl groups is 3. The summed E-state index contributed by atoms with van der Waals surface area (Å²) >= 11 is 0. The summed E-state index contributed by atoms with van der Waals surface area (Å²) in [6.45, 7) is 33.3. The molecule has 40 heavy (non-hydrogen) atoms. The van der Waals surface area contributed by atoms with Crippen LogP contribution >= 0.6 is 0 Å². The van der Waals surface area contributed by atoms with E-state index in [2.05, 4.69) is 0 Å². The molecule has 0 saturated carbocycles. The summed E-state index contributed by atoms with van der Waals surface area (Å²) in [5.41, 5.74) is -2.29. The maximum atomic E-state index is 11.5. The van der Waals surface area contributed by atoms with E-state index in [1.807, 2.05) is 125 Å². The van der Waals surface area contributed by atoms with Gasteiger partial charge in [0.05, 0.1) is 0 Å². The van der Waals surface area contributed by atoms with Crippen molar-refractivity contribution in [2.45, 2.75) is 125 Å². The number of rotatable bonds is 3. The Morgan fingerprint density at radius 3 is 0.550 bits per heavy atom. The molecule has 0 aliphatic heterocycles. The Labute approximate surface area is 275 Å². The van der Waals surface area contributed by atoms with E-state index in [1.165, 1.54) is 18.2 Å². The standard InChI is InChI=1S/3C11H20O2.Tm/c3*1-10(2,3)8(12)7-9(13)11(4,5)6;/h3*7,12H,1-6H3;/b3*8-7+;. The van der Waals surface area contributed by atoms with Gasteiger partial charge in [-0.15, -0.1) is 0 Å². The fraction of sp³-hybridized carbons (Fsp3) is 0.727. The first-order valence-electron chi connectivity index (χ1n) is 13.5. The molecule has 0 atom stereocenters. The Kier molecular flexibility index (Phi) is 18.9. The summed E-state index contributed by atoms with van der Waals surface area (Å²) in [7, 11) is 0. The number of aliphatic hydroxyl groups excluding tert-OH is 3. The molecule has 0 aliphatic carbocycles. The number of hydrogen-bond acceptors (Lipinski definition) is 6. The maximum Gasteiger partial charge on any atom is 0.164 e. The van der Waals surface area contributed by atoms with Crippen LogP contribution in [0.3, 0.4) is 0 Å². The molecule has 3 N–H and O–H groups in total. The van der Waals surface area contributed by atoms with Crippen LogP contribution in [-0.4, -0.2) is 32.7 Å². The number of hydrogen-bond donors (Lipinski definition) is 3. The van der Waals surface area contributed by atoms with Crippen LogP contribution in [0.1, 0.15) is 125 Å². The predicted molar refractivity (Wildman–Crippen MR) is 164 cm³/mol. The molecule has 0 rings (SSSR count).